The summed E-state index contributed by atoms with van der Waals surface area (Å²) in [6.07, 6.45) is 3.79. The van der Waals surface area contributed by atoms with Crippen LogP contribution in [0.15, 0.2) is 0 Å². The lowest BCUT2D eigenvalue weighted by Gasteiger charge is -2.17. The number of rotatable bonds is 9. The minimum absolute atomic E-state index is 0.0111. The maximum absolute atomic E-state index is 11.6. The summed E-state index contributed by atoms with van der Waals surface area (Å²) in [4.78, 5) is 11.6. The van der Waals surface area contributed by atoms with E-state index in [2.05, 4.69) is 12.2 Å². The van der Waals surface area contributed by atoms with E-state index in [0.29, 0.717) is 0 Å². The van der Waals surface area contributed by atoms with Crippen LogP contribution in [0, 0.1) is 0 Å². The second kappa shape index (κ2) is 10.3. The number of carbonyl (C=O) groups is 1. The van der Waals surface area contributed by atoms with Gasteiger partial charge in [-0.2, -0.15) is 23.5 Å². The SMILES string of the molecule is CCSCCC(C)NC(=O)[C@H](N)CCSC. The van der Waals surface area contributed by atoms with Crippen LogP contribution in [0.5, 0.6) is 0 Å². The maximum atomic E-state index is 11.6. The molecule has 0 aliphatic rings. The quantitative estimate of drug-likeness (QED) is 0.623. The lowest BCUT2D eigenvalue weighted by atomic mass is 10.2. The van der Waals surface area contributed by atoms with Gasteiger partial charge in [-0.25, -0.2) is 0 Å². The molecule has 0 heterocycles. The molecule has 1 amide bonds. The predicted octanol–water partition coefficient (Wildman–Crippen LogP) is 1.71. The van der Waals surface area contributed by atoms with Gasteiger partial charge in [-0.3, -0.25) is 4.79 Å². The van der Waals surface area contributed by atoms with Crippen molar-refractivity contribution in [2.45, 2.75) is 38.8 Å². The number of thioether (sulfide) groups is 2. The van der Waals surface area contributed by atoms with Gasteiger partial charge < -0.3 is 11.1 Å². The number of nitrogens with one attached hydrogen (secondary N) is 1. The highest BCUT2D eigenvalue weighted by atomic mass is 32.2. The third-order valence-electron chi connectivity index (χ3n) is 2.26. The molecule has 0 bridgehead atoms. The zero-order valence-electron chi connectivity index (χ0n) is 10.5. The molecule has 0 spiro atoms. The van der Waals surface area contributed by atoms with Crippen LogP contribution in [0.25, 0.3) is 0 Å². The second-order valence-electron chi connectivity index (χ2n) is 3.78. The second-order valence-corrected chi connectivity index (χ2v) is 6.16. The Morgan fingerprint density at radius 1 is 1.38 bits per heavy atom. The van der Waals surface area contributed by atoms with Gasteiger partial charge in [-0.1, -0.05) is 6.92 Å². The molecular formula is C11H24N2OS2. The Morgan fingerprint density at radius 3 is 2.62 bits per heavy atom. The molecule has 3 N–H and O–H groups in total. The molecule has 3 nitrogen and oxygen atoms in total. The van der Waals surface area contributed by atoms with Gasteiger partial charge in [0.2, 0.25) is 5.91 Å². The molecule has 0 aromatic heterocycles. The standard InChI is InChI=1S/C11H24N2OS2/c1-4-16-8-5-9(2)13-11(14)10(12)6-7-15-3/h9-10H,4-8,12H2,1-3H3,(H,13,14)/t9?,10-/m1/s1. The van der Waals surface area contributed by atoms with E-state index >= 15 is 0 Å². The number of hydrogen-bond donors (Lipinski definition) is 2. The molecule has 0 aromatic carbocycles. The van der Waals surface area contributed by atoms with Crippen LogP contribution in [-0.2, 0) is 4.79 Å². The summed E-state index contributed by atoms with van der Waals surface area (Å²) in [5, 5.41) is 2.96. The van der Waals surface area contributed by atoms with Crippen molar-refractivity contribution in [1.29, 1.82) is 0 Å². The fourth-order valence-corrected chi connectivity index (χ4v) is 2.50. The first-order valence-corrected chi connectivity index (χ1v) is 8.29. The average Bonchev–Trinajstić information content (AvgIpc) is 2.26. The lowest BCUT2D eigenvalue weighted by molar-refractivity contribution is -0.123. The highest BCUT2D eigenvalue weighted by molar-refractivity contribution is 7.99. The van der Waals surface area contributed by atoms with E-state index in [1.165, 1.54) is 0 Å². The summed E-state index contributed by atoms with van der Waals surface area (Å²) < 4.78 is 0. The first-order chi connectivity index (χ1) is 7.61. The van der Waals surface area contributed by atoms with Crippen molar-refractivity contribution in [3.8, 4) is 0 Å². The Kier molecular flexibility index (Phi) is 10.4. The van der Waals surface area contributed by atoms with Crippen LogP contribution in [-0.4, -0.2) is 41.5 Å². The Morgan fingerprint density at radius 2 is 2.06 bits per heavy atom. The van der Waals surface area contributed by atoms with Gasteiger partial charge in [0.1, 0.15) is 0 Å². The van der Waals surface area contributed by atoms with Crippen LogP contribution in [0.1, 0.15) is 26.7 Å². The van der Waals surface area contributed by atoms with E-state index in [4.69, 9.17) is 5.73 Å². The molecule has 0 saturated carbocycles. The Labute approximate surface area is 108 Å². The predicted molar refractivity (Wildman–Crippen MR) is 76.2 cm³/mol. The normalized spacial score (nSPS) is 14.5. The third kappa shape index (κ3) is 8.30. The molecule has 0 radical (unpaired) electrons. The largest absolute Gasteiger partial charge is 0.352 e. The van der Waals surface area contributed by atoms with E-state index in [0.717, 1.165) is 30.1 Å². The smallest absolute Gasteiger partial charge is 0.237 e. The fourth-order valence-electron chi connectivity index (χ4n) is 1.20. The summed E-state index contributed by atoms with van der Waals surface area (Å²) in [5.74, 6) is 3.16. The molecule has 0 aliphatic carbocycles. The summed E-state index contributed by atoms with van der Waals surface area (Å²) >= 11 is 3.62. The van der Waals surface area contributed by atoms with Crippen LogP contribution < -0.4 is 11.1 Å². The van der Waals surface area contributed by atoms with E-state index in [1.807, 2.05) is 24.9 Å². The molecule has 2 atom stereocenters. The molecule has 0 fully saturated rings. The number of carbonyl (C=O) groups excluding carboxylic acids is 1. The van der Waals surface area contributed by atoms with Gasteiger partial charge in [0.15, 0.2) is 0 Å². The first-order valence-electron chi connectivity index (χ1n) is 5.74. The molecule has 1 unspecified atom stereocenters. The molecule has 0 aromatic rings. The third-order valence-corrected chi connectivity index (χ3v) is 3.83. The van der Waals surface area contributed by atoms with Crippen molar-refractivity contribution in [2.24, 2.45) is 5.73 Å². The molecule has 5 heteroatoms. The fraction of sp³-hybridized carbons (Fsp3) is 0.909. The van der Waals surface area contributed by atoms with Gasteiger partial charge >= 0.3 is 0 Å². The summed E-state index contributed by atoms with van der Waals surface area (Å²) in [6, 6.07) is -0.124. The van der Waals surface area contributed by atoms with Crippen molar-refractivity contribution in [1.82, 2.24) is 5.32 Å². The van der Waals surface area contributed by atoms with E-state index < -0.39 is 0 Å². The van der Waals surface area contributed by atoms with Crippen molar-refractivity contribution >= 4 is 29.4 Å². The van der Waals surface area contributed by atoms with Crippen molar-refractivity contribution < 1.29 is 4.79 Å². The Balaban J connectivity index is 3.67. The van der Waals surface area contributed by atoms with Gasteiger partial charge in [0.25, 0.3) is 0 Å². The molecule has 0 rings (SSSR count). The Bertz CT molecular complexity index is 191. The first kappa shape index (κ1) is 16.1. The molecule has 0 aliphatic heterocycles. The van der Waals surface area contributed by atoms with Gasteiger partial charge in [-0.15, -0.1) is 0 Å². The van der Waals surface area contributed by atoms with E-state index in [1.54, 1.807) is 11.8 Å². The summed E-state index contributed by atoms with van der Waals surface area (Å²) in [7, 11) is 0. The van der Waals surface area contributed by atoms with E-state index in [9.17, 15) is 4.79 Å². The number of hydrogen-bond acceptors (Lipinski definition) is 4. The zero-order valence-corrected chi connectivity index (χ0v) is 12.1. The van der Waals surface area contributed by atoms with Crippen LogP contribution in [0.2, 0.25) is 0 Å². The monoisotopic (exact) mass is 264 g/mol. The van der Waals surface area contributed by atoms with Gasteiger partial charge in [0, 0.05) is 6.04 Å². The minimum atomic E-state index is -0.353. The summed E-state index contributed by atoms with van der Waals surface area (Å²) in [5.41, 5.74) is 5.78. The minimum Gasteiger partial charge on any atom is -0.352 e. The van der Waals surface area contributed by atoms with Crippen molar-refractivity contribution in [2.75, 3.05) is 23.5 Å². The Hall–Kier alpha value is 0.130. The molecular weight excluding hydrogens is 240 g/mol. The molecule has 16 heavy (non-hydrogen) atoms. The zero-order chi connectivity index (χ0) is 12.4. The highest BCUT2D eigenvalue weighted by Gasteiger charge is 2.14. The van der Waals surface area contributed by atoms with Crippen molar-refractivity contribution in [3.63, 3.8) is 0 Å². The summed E-state index contributed by atoms with van der Waals surface area (Å²) in [6.45, 7) is 4.18. The topological polar surface area (TPSA) is 55.1 Å². The number of nitrogens with two attached hydrogens (primary N) is 1. The average molecular weight is 264 g/mol. The molecule has 96 valence electrons. The lowest BCUT2D eigenvalue weighted by Crippen LogP contribution is -2.44. The maximum Gasteiger partial charge on any atom is 0.237 e. The van der Waals surface area contributed by atoms with E-state index in [-0.39, 0.29) is 18.0 Å². The van der Waals surface area contributed by atoms with Crippen LogP contribution in [0.4, 0.5) is 0 Å². The number of amides is 1. The van der Waals surface area contributed by atoms with Crippen LogP contribution >= 0.6 is 23.5 Å². The van der Waals surface area contributed by atoms with Gasteiger partial charge in [-0.05, 0) is 43.3 Å². The van der Waals surface area contributed by atoms with Crippen molar-refractivity contribution in [3.05, 3.63) is 0 Å². The molecule has 0 saturated heterocycles. The highest BCUT2D eigenvalue weighted by Crippen LogP contribution is 2.04. The van der Waals surface area contributed by atoms with Gasteiger partial charge in [0.05, 0.1) is 6.04 Å². The van der Waals surface area contributed by atoms with Crippen LogP contribution in [0.3, 0.4) is 0 Å².